The number of unbranched alkanes of at least 4 members (excludes halogenated alkanes) is 1. The van der Waals surface area contributed by atoms with Crippen molar-refractivity contribution in [1.29, 1.82) is 0 Å². The van der Waals surface area contributed by atoms with Gasteiger partial charge in [0.05, 0.1) is 0 Å². The summed E-state index contributed by atoms with van der Waals surface area (Å²) >= 11 is 0. The number of nitrogens with zero attached hydrogens (tertiary/aromatic N) is 1. The lowest BCUT2D eigenvalue weighted by Gasteiger charge is -2.48. The number of fused-ring (bicyclic) bond motifs is 1. The predicted molar refractivity (Wildman–Crippen MR) is 97.7 cm³/mol. The van der Waals surface area contributed by atoms with Crippen LogP contribution in [0.15, 0.2) is 12.1 Å². The van der Waals surface area contributed by atoms with Gasteiger partial charge in [-0.3, -0.25) is 0 Å². The number of hydrogen-bond acceptors (Lipinski definition) is 2. The zero-order valence-electron chi connectivity index (χ0n) is 15.7. The first-order valence-corrected chi connectivity index (χ1v) is 9.09. The average Bonchev–Trinajstić information content (AvgIpc) is 2.44. The maximum Gasteiger partial charge on any atom is 0.129 e. The molecule has 1 aliphatic rings. The third-order valence-corrected chi connectivity index (χ3v) is 4.99. The van der Waals surface area contributed by atoms with Gasteiger partial charge < -0.3 is 10.2 Å². The summed E-state index contributed by atoms with van der Waals surface area (Å²) in [6, 6.07) is 4.24. The van der Waals surface area contributed by atoms with E-state index >= 15 is 0 Å². The summed E-state index contributed by atoms with van der Waals surface area (Å²) in [5, 5.41) is 3.33. The summed E-state index contributed by atoms with van der Waals surface area (Å²) in [6.07, 6.45) is 3.43. The molecule has 1 aromatic rings. The van der Waals surface area contributed by atoms with E-state index in [4.69, 9.17) is 0 Å². The van der Waals surface area contributed by atoms with Gasteiger partial charge in [0, 0.05) is 35.9 Å². The van der Waals surface area contributed by atoms with E-state index in [0.29, 0.717) is 18.5 Å². The lowest BCUT2D eigenvalue weighted by molar-refractivity contribution is 0.372. The van der Waals surface area contributed by atoms with Crippen molar-refractivity contribution in [2.75, 3.05) is 11.4 Å². The van der Waals surface area contributed by atoms with Crippen LogP contribution in [0.25, 0.3) is 0 Å². The van der Waals surface area contributed by atoms with Crippen molar-refractivity contribution < 1.29 is 4.39 Å². The van der Waals surface area contributed by atoms with Crippen LogP contribution in [0.1, 0.15) is 77.8 Å². The van der Waals surface area contributed by atoms with E-state index < -0.39 is 0 Å². The number of hydrogen-bond donors (Lipinski definition) is 1. The quantitative estimate of drug-likeness (QED) is 0.773. The summed E-state index contributed by atoms with van der Waals surface area (Å²) in [5.41, 5.74) is 3.29. The molecule has 0 spiro atoms. The molecule has 0 saturated carbocycles. The van der Waals surface area contributed by atoms with Crippen molar-refractivity contribution in [3.63, 3.8) is 0 Å². The smallest absolute Gasteiger partial charge is 0.129 e. The first-order chi connectivity index (χ1) is 10.8. The monoisotopic (exact) mass is 320 g/mol. The third kappa shape index (κ3) is 4.06. The average molecular weight is 320 g/mol. The van der Waals surface area contributed by atoms with Gasteiger partial charge in [-0.05, 0) is 50.3 Å². The fourth-order valence-electron chi connectivity index (χ4n) is 3.74. The van der Waals surface area contributed by atoms with Crippen LogP contribution in [-0.2, 0) is 6.54 Å². The fourth-order valence-corrected chi connectivity index (χ4v) is 3.74. The van der Waals surface area contributed by atoms with Gasteiger partial charge in [-0.25, -0.2) is 4.39 Å². The molecule has 0 fully saturated rings. The Morgan fingerprint density at radius 1 is 1.35 bits per heavy atom. The number of nitrogens with one attached hydrogen (secondary N) is 1. The highest BCUT2D eigenvalue weighted by Gasteiger charge is 2.36. The second kappa shape index (κ2) is 7.21. The number of benzene rings is 1. The number of anilines is 1. The number of rotatable bonds is 6. The van der Waals surface area contributed by atoms with Gasteiger partial charge in [0.2, 0.25) is 0 Å². The molecule has 1 aliphatic heterocycles. The molecule has 1 aromatic carbocycles. The highest BCUT2D eigenvalue weighted by Crippen LogP contribution is 2.44. The molecule has 0 radical (unpaired) electrons. The Morgan fingerprint density at radius 3 is 2.65 bits per heavy atom. The zero-order chi connectivity index (χ0) is 17.2. The van der Waals surface area contributed by atoms with Crippen LogP contribution in [0, 0.1) is 5.82 Å². The van der Waals surface area contributed by atoms with Gasteiger partial charge in [0.15, 0.2) is 0 Å². The van der Waals surface area contributed by atoms with Gasteiger partial charge in [0.1, 0.15) is 5.82 Å². The van der Waals surface area contributed by atoms with Crippen molar-refractivity contribution in [3.8, 4) is 0 Å². The Balaban J connectivity index is 2.38. The summed E-state index contributed by atoms with van der Waals surface area (Å²) in [6.45, 7) is 14.8. The van der Waals surface area contributed by atoms with Crippen molar-refractivity contribution in [3.05, 3.63) is 29.1 Å². The number of halogens is 1. The fraction of sp³-hybridized carbons (Fsp3) is 0.700. The van der Waals surface area contributed by atoms with Gasteiger partial charge in [-0.15, -0.1) is 0 Å². The largest absolute Gasteiger partial charge is 0.366 e. The maximum atomic E-state index is 14.6. The maximum absolute atomic E-state index is 14.6. The molecule has 1 N–H and O–H groups in total. The van der Waals surface area contributed by atoms with Crippen molar-refractivity contribution in [2.24, 2.45) is 0 Å². The molecule has 3 heteroatoms. The Bertz CT molecular complexity index is 537. The molecular weight excluding hydrogens is 287 g/mol. The lowest BCUT2D eigenvalue weighted by Crippen LogP contribution is -2.49. The summed E-state index contributed by atoms with van der Waals surface area (Å²) in [5.74, 6) is 0.388. The van der Waals surface area contributed by atoms with E-state index in [1.807, 2.05) is 0 Å². The first kappa shape index (κ1) is 18.3. The van der Waals surface area contributed by atoms with E-state index in [2.05, 4.69) is 57.8 Å². The molecular formula is C20H33FN2. The molecule has 130 valence electrons. The second-order valence-electron chi connectivity index (χ2n) is 7.96. The molecule has 23 heavy (non-hydrogen) atoms. The zero-order valence-corrected chi connectivity index (χ0v) is 15.7. The highest BCUT2D eigenvalue weighted by molar-refractivity contribution is 5.61. The molecule has 2 rings (SSSR count). The van der Waals surface area contributed by atoms with Crippen molar-refractivity contribution in [2.45, 2.75) is 84.8 Å². The molecule has 2 nitrogen and oxygen atoms in total. The topological polar surface area (TPSA) is 15.3 Å². The van der Waals surface area contributed by atoms with E-state index in [-0.39, 0.29) is 11.4 Å². The Morgan fingerprint density at radius 2 is 2.04 bits per heavy atom. The normalized spacial score (nSPS) is 20.0. The van der Waals surface area contributed by atoms with Crippen LogP contribution >= 0.6 is 0 Å². The van der Waals surface area contributed by atoms with Gasteiger partial charge in [0.25, 0.3) is 0 Å². The van der Waals surface area contributed by atoms with Crippen LogP contribution in [0.4, 0.5) is 10.1 Å². The highest BCUT2D eigenvalue weighted by atomic mass is 19.1. The molecule has 0 aliphatic carbocycles. The molecule has 0 aromatic heterocycles. The predicted octanol–water partition coefficient (Wildman–Crippen LogP) is 5.22. The minimum atomic E-state index is -0.0803. The van der Waals surface area contributed by atoms with E-state index in [1.165, 1.54) is 5.56 Å². The second-order valence-corrected chi connectivity index (χ2v) is 7.96. The van der Waals surface area contributed by atoms with Crippen LogP contribution in [-0.4, -0.2) is 18.1 Å². The third-order valence-electron chi connectivity index (χ3n) is 4.99. The Kier molecular flexibility index (Phi) is 5.72. The van der Waals surface area contributed by atoms with Gasteiger partial charge >= 0.3 is 0 Å². The van der Waals surface area contributed by atoms with Gasteiger partial charge in [-0.1, -0.05) is 34.1 Å². The lowest BCUT2D eigenvalue weighted by atomic mass is 9.79. The standard InChI is InChI=1S/C20H33FN2/c1-7-8-9-23-19-11-18(21)16(13-22-14(2)3)10-17(19)15(4)12-20(23,5)6/h10-11,14-15,22H,7-9,12-13H2,1-6H3/t15-/m1/s1. The van der Waals surface area contributed by atoms with E-state index in [1.54, 1.807) is 6.07 Å². The van der Waals surface area contributed by atoms with Crippen molar-refractivity contribution >= 4 is 5.69 Å². The molecule has 0 bridgehead atoms. The summed E-state index contributed by atoms with van der Waals surface area (Å²) < 4.78 is 14.6. The molecule has 0 amide bonds. The van der Waals surface area contributed by atoms with Crippen LogP contribution in [0.5, 0.6) is 0 Å². The SMILES string of the molecule is CCCCN1c2cc(F)c(CNC(C)C)cc2[C@H](C)CC1(C)C. The van der Waals surface area contributed by atoms with Gasteiger partial charge in [-0.2, -0.15) is 0 Å². The molecule has 1 heterocycles. The first-order valence-electron chi connectivity index (χ1n) is 9.09. The minimum absolute atomic E-state index is 0.0803. The van der Waals surface area contributed by atoms with Crippen LogP contribution < -0.4 is 10.2 Å². The van der Waals surface area contributed by atoms with Crippen LogP contribution in [0.3, 0.4) is 0 Å². The van der Waals surface area contributed by atoms with Crippen molar-refractivity contribution in [1.82, 2.24) is 5.32 Å². The Labute approximate surface area is 141 Å². The van der Waals surface area contributed by atoms with Crippen LogP contribution in [0.2, 0.25) is 0 Å². The molecule has 1 atom stereocenters. The molecule has 0 unspecified atom stereocenters. The minimum Gasteiger partial charge on any atom is -0.366 e. The van der Waals surface area contributed by atoms with E-state index in [0.717, 1.165) is 37.1 Å². The summed E-state index contributed by atoms with van der Waals surface area (Å²) in [4.78, 5) is 2.43. The van der Waals surface area contributed by atoms with E-state index in [9.17, 15) is 4.39 Å². The summed E-state index contributed by atoms with van der Waals surface area (Å²) in [7, 11) is 0. The molecule has 0 saturated heterocycles. The Hall–Kier alpha value is -1.09.